The molecule has 8 heteroatoms. The lowest BCUT2D eigenvalue weighted by atomic mass is 10.1. The van der Waals surface area contributed by atoms with Crippen LogP contribution in [0.2, 0.25) is 10.3 Å². The summed E-state index contributed by atoms with van der Waals surface area (Å²) >= 11 is 12.9. The highest BCUT2D eigenvalue weighted by Gasteiger charge is 2.09. The molecule has 0 saturated heterocycles. The fraction of sp³-hybridized carbons (Fsp3) is 0.333. The van der Waals surface area contributed by atoms with Gasteiger partial charge in [-0.3, -0.25) is 9.97 Å². The van der Waals surface area contributed by atoms with E-state index in [-0.39, 0.29) is 10.3 Å². The van der Waals surface area contributed by atoms with Gasteiger partial charge in [0.25, 0.3) is 0 Å². The predicted molar refractivity (Wildman–Crippen MR) is 238 cm³/mol. The molecule has 0 aliphatic heterocycles. The SMILES string of the molecule is CCCCCCCCOc1ccc(/C=C/C=C/C=C/c2ncc(-c3cnc(/C=C/C=C/C=C/c4ccc(OCCCCCCCC)cc4)c(Cl)n3)nc2Cl)cc1. The van der Waals surface area contributed by atoms with Gasteiger partial charge < -0.3 is 9.47 Å². The molecule has 0 fully saturated rings. The number of rotatable bonds is 25. The van der Waals surface area contributed by atoms with Crippen LogP contribution in [0.15, 0.2) is 110 Å². The molecule has 0 unspecified atom stereocenters. The number of hydrogen-bond donors (Lipinski definition) is 0. The summed E-state index contributed by atoms with van der Waals surface area (Å²) in [6, 6.07) is 16.3. The molecule has 0 radical (unpaired) electrons. The number of aromatic nitrogens is 4. The standard InChI is InChI=1S/C48H56Cl2N4O2/c1-3-5-7-9-15-21-35-55-41-31-27-39(28-32-41)23-17-11-13-19-25-43-47(49)53-45(37-51-43)46-38-52-44(48(50)54-46)26-20-14-12-18-24-40-29-33-42(34-30-40)56-36-22-16-10-8-6-4-2/h11-14,17-20,23-34,37-38H,3-10,15-16,21-22,35-36H2,1-2H3/b13-11+,14-12+,23-17+,24-18+,25-19+,26-20+. The van der Waals surface area contributed by atoms with Crippen molar-refractivity contribution in [1.29, 1.82) is 0 Å². The van der Waals surface area contributed by atoms with Crippen molar-refractivity contribution < 1.29 is 9.47 Å². The topological polar surface area (TPSA) is 70.0 Å². The maximum absolute atomic E-state index is 6.46. The number of ether oxygens (including phenoxy) is 2. The van der Waals surface area contributed by atoms with E-state index in [1.165, 1.54) is 64.2 Å². The molecule has 6 nitrogen and oxygen atoms in total. The smallest absolute Gasteiger partial charge is 0.155 e. The Bertz CT molecular complexity index is 1760. The van der Waals surface area contributed by atoms with Crippen molar-refractivity contribution in [2.45, 2.75) is 90.9 Å². The normalized spacial score (nSPS) is 12.1. The second kappa shape index (κ2) is 26.9. The lowest BCUT2D eigenvalue weighted by Crippen LogP contribution is -1.97. The van der Waals surface area contributed by atoms with Crippen LogP contribution in [0.3, 0.4) is 0 Å². The predicted octanol–water partition coefficient (Wildman–Crippen LogP) is 14.3. The Balaban J connectivity index is 1.17. The van der Waals surface area contributed by atoms with Gasteiger partial charge in [0.2, 0.25) is 0 Å². The third-order valence-corrected chi connectivity index (χ3v) is 9.38. The van der Waals surface area contributed by atoms with E-state index in [9.17, 15) is 0 Å². The molecule has 0 aliphatic carbocycles. The summed E-state index contributed by atoms with van der Waals surface area (Å²) < 4.78 is 11.8. The maximum Gasteiger partial charge on any atom is 0.155 e. The lowest BCUT2D eigenvalue weighted by molar-refractivity contribution is 0.304. The van der Waals surface area contributed by atoms with Crippen molar-refractivity contribution in [3.63, 3.8) is 0 Å². The summed E-state index contributed by atoms with van der Waals surface area (Å²) in [5.74, 6) is 1.82. The van der Waals surface area contributed by atoms with Gasteiger partial charge in [0, 0.05) is 0 Å². The highest BCUT2D eigenvalue weighted by atomic mass is 35.5. The summed E-state index contributed by atoms with van der Waals surface area (Å²) in [5.41, 5.74) is 4.26. The molecule has 0 bridgehead atoms. The number of nitrogens with zero attached hydrogens (tertiary/aromatic N) is 4. The van der Waals surface area contributed by atoms with Gasteiger partial charge in [-0.05, 0) is 60.4 Å². The second-order valence-corrected chi connectivity index (χ2v) is 14.2. The first kappa shape index (κ1) is 43.9. The van der Waals surface area contributed by atoms with Gasteiger partial charge in [0.05, 0.1) is 25.6 Å². The molecule has 0 aliphatic rings. The Morgan fingerprint density at radius 2 is 0.804 bits per heavy atom. The lowest BCUT2D eigenvalue weighted by Gasteiger charge is -2.06. The van der Waals surface area contributed by atoms with Crippen molar-refractivity contribution in [3.05, 3.63) is 142 Å². The Hall–Kier alpha value is -4.78. The fourth-order valence-corrected chi connectivity index (χ4v) is 6.01. The van der Waals surface area contributed by atoms with Crippen molar-refractivity contribution in [2.24, 2.45) is 0 Å². The molecule has 0 spiro atoms. The maximum atomic E-state index is 6.46. The van der Waals surface area contributed by atoms with E-state index >= 15 is 0 Å². The van der Waals surface area contributed by atoms with Gasteiger partial charge in [-0.1, -0.05) is 186 Å². The van der Waals surface area contributed by atoms with Gasteiger partial charge in [-0.25, -0.2) is 9.97 Å². The Kier molecular flexibility index (Phi) is 21.1. The molecule has 0 atom stereocenters. The third-order valence-electron chi connectivity index (χ3n) is 8.82. The number of unbranched alkanes of at least 4 members (excludes halogenated alkanes) is 10. The zero-order valence-electron chi connectivity index (χ0n) is 33.0. The largest absolute Gasteiger partial charge is 0.494 e. The molecule has 2 aromatic carbocycles. The molecular formula is C48H56Cl2N4O2. The van der Waals surface area contributed by atoms with E-state index in [0.29, 0.717) is 22.8 Å². The molecule has 294 valence electrons. The Morgan fingerprint density at radius 1 is 0.446 bits per heavy atom. The summed E-state index contributed by atoms with van der Waals surface area (Å²) in [5, 5.41) is 0.517. The van der Waals surface area contributed by atoms with E-state index in [1.807, 2.05) is 85.0 Å². The fourth-order valence-electron chi connectivity index (χ4n) is 5.60. The zero-order valence-corrected chi connectivity index (χ0v) is 34.5. The average Bonchev–Trinajstić information content (AvgIpc) is 3.21. The van der Waals surface area contributed by atoms with E-state index in [0.717, 1.165) is 48.7 Å². The molecule has 0 N–H and O–H groups in total. The molecule has 4 rings (SSSR count). The van der Waals surface area contributed by atoms with Crippen LogP contribution >= 0.6 is 23.2 Å². The zero-order chi connectivity index (χ0) is 39.5. The Morgan fingerprint density at radius 3 is 1.18 bits per heavy atom. The minimum atomic E-state index is 0.259. The van der Waals surface area contributed by atoms with Crippen LogP contribution in [0, 0.1) is 0 Å². The summed E-state index contributed by atoms with van der Waals surface area (Å²) in [7, 11) is 0. The number of benzene rings is 2. The molecule has 2 heterocycles. The first-order valence-electron chi connectivity index (χ1n) is 20.1. The average molecular weight is 792 g/mol. The molecule has 0 saturated carbocycles. The Labute approximate surface area is 344 Å². The molecular weight excluding hydrogens is 735 g/mol. The molecule has 0 amide bonds. The van der Waals surface area contributed by atoms with Crippen molar-refractivity contribution in [1.82, 2.24) is 19.9 Å². The second-order valence-electron chi connectivity index (χ2n) is 13.4. The highest BCUT2D eigenvalue weighted by Crippen LogP contribution is 2.22. The van der Waals surface area contributed by atoms with Crippen LogP contribution in [-0.4, -0.2) is 33.1 Å². The summed E-state index contributed by atoms with van der Waals surface area (Å²) in [6.07, 6.45) is 41.4. The van der Waals surface area contributed by atoms with Crippen LogP contribution in [0.5, 0.6) is 11.5 Å². The number of halogens is 2. The number of allylic oxidation sites excluding steroid dienone is 8. The van der Waals surface area contributed by atoms with E-state index in [4.69, 9.17) is 32.7 Å². The molecule has 2 aromatic heterocycles. The van der Waals surface area contributed by atoms with Gasteiger partial charge in [-0.15, -0.1) is 0 Å². The first-order valence-corrected chi connectivity index (χ1v) is 20.8. The van der Waals surface area contributed by atoms with Crippen molar-refractivity contribution >= 4 is 47.5 Å². The van der Waals surface area contributed by atoms with Crippen LogP contribution in [-0.2, 0) is 0 Å². The molecule has 56 heavy (non-hydrogen) atoms. The van der Waals surface area contributed by atoms with Gasteiger partial charge in [-0.2, -0.15) is 0 Å². The molecule has 4 aromatic rings. The highest BCUT2D eigenvalue weighted by molar-refractivity contribution is 6.31. The van der Waals surface area contributed by atoms with Crippen LogP contribution in [0.25, 0.3) is 35.7 Å². The minimum Gasteiger partial charge on any atom is -0.494 e. The van der Waals surface area contributed by atoms with Gasteiger partial charge >= 0.3 is 0 Å². The van der Waals surface area contributed by atoms with Gasteiger partial charge in [0.1, 0.15) is 34.3 Å². The first-order chi connectivity index (χ1) is 27.6. The van der Waals surface area contributed by atoms with E-state index < -0.39 is 0 Å². The quantitative estimate of drug-likeness (QED) is 0.0492. The summed E-state index contributed by atoms with van der Waals surface area (Å²) in [4.78, 5) is 17.9. The minimum absolute atomic E-state index is 0.259. The number of hydrogen-bond acceptors (Lipinski definition) is 6. The third kappa shape index (κ3) is 17.3. The van der Waals surface area contributed by atoms with Crippen molar-refractivity contribution in [2.75, 3.05) is 13.2 Å². The van der Waals surface area contributed by atoms with Crippen LogP contribution in [0.4, 0.5) is 0 Å². The van der Waals surface area contributed by atoms with Crippen molar-refractivity contribution in [3.8, 4) is 22.9 Å². The van der Waals surface area contributed by atoms with Gasteiger partial charge in [0.15, 0.2) is 10.3 Å². The van der Waals surface area contributed by atoms with Crippen LogP contribution in [0.1, 0.15) is 113 Å². The van der Waals surface area contributed by atoms with E-state index in [2.05, 4.69) is 58.0 Å². The van der Waals surface area contributed by atoms with Crippen LogP contribution < -0.4 is 9.47 Å². The van der Waals surface area contributed by atoms with E-state index in [1.54, 1.807) is 24.5 Å². The summed E-state index contributed by atoms with van der Waals surface area (Å²) in [6.45, 7) is 6.02. The monoisotopic (exact) mass is 790 g/mol.